The Balaban J connectivity index is 1.39. The molecule has 0 radical (unpaired) electrons. The number of amides is 1. The van der Waals surface area contributed by atoms with E-state index in [1.54, 1.807) is 0 Å². The molecule has 0 bridgehead atoms. The second-order valence-corrected chi connectivity index (χ2v) is 6.85. The van der Waals surface area contributed by atoms with Gasteiger partial charge in [0.25, 0.3) is 0 Å². The summed E-state index contributed by atoms with van der Waals surface area (Å²) in [6.07, 6.45) is 2.73. The van der Waals surface area contributed by atoms with Crippen LogP contribution < -0.4 is 5.32 Å². The van der Waals surface area contributed by atoms with E-state index in [-0.39, 0.29) is 5.91 Å². The van der Waals surface area contributed by atoms with Crippen LogP contribution in [0.2, 0.25) is 5.02 Å². The number of rotatable bonds is 5. The molecule has 5 heteroatoms. The van der Waals surface area contributed by atoms with Crippen molar-refractivity contribution in [2.24, 2.45) is 0 Å². The largest absolute Gasteiger partial charge is 0.309 e. The monoisotopic (exact) mass is 351 g/mol. The number of benzene rings is 2. The topological polar surface area (TPSA) is 57.8 Å². The summed E-state index contributed by atoms with van der Waals surface area (Å²) in [4.78, 5) is 12.2. The van der Waals surface area contributed by atoms with Crippen molar-refractivity contribution in [2.75, 3.05) is 5.32 Å². The van der Waals surface area contributed by atoms with Crippen molar-refractivity contribution < 1.29 is 4.79 Å². The van der Waals surface area contributed by atoms with Crippen LogP contribution in [0.1, 0.15) is 30.0 Å². The van der Waals surface area contributed by atoms with Gasteiger partial charge < -0.3 is 5.32 Å². The molecule has 126 valence electrons. The summed E-state index contributed by atoms with van der Waals surface area (Å²) in [5.41, 5.74) is 4.21. The lowest BCUT2D eigenvalue weighted by Gasteiger charge is -2.05. The average molecular weight is 352 g/mol. The standard InChI is InChI=1S/C20H18ClN3O/c21-17-3-1-2-16(11-17)14-6-4-13(5-7-14)10-20(25)22-19-12-18(23-24-19)15-8-9-15/h1-7,11-12,15H,8-10H2,(H2,22,23,24,25). The number of H-pyrrole nitrogens is 1. The normalized spacial score (nSPS) is 13.6. The molecule has 1 amide bonds. The zero-order valence-corrected chi connectivity index (χ0v) is 14.4. The Morgan fingerprint density at radius 3 is 2.64 bits per heavy atom. The smallest absolute Gasteiger partial charge is 0.229 e. The molecule has 2 aromatic carbocycles. The fourth-order valence-corrected chi connectivity index (χ4v) is 3.05. The predicted molar refractivity (Wildman–Crippen MR) is 99.8 cm³/mol. The van der Waals surface area contributed by atoms with Crippen LogP contribution in [0.15, 0.2) is 54.6 Å². The second-order valence-electron chi connectivity index (χ2n) is 6.42. The molecule has 0 spiro atoms. The molecular formula is C20H18ClN3O. The summed E-state index contributed by atoms with van der Waals surface area (Å²) in [7, 11) is 0. The van der Waals surface area contributed by atoms with Gasteiger partial charge in [0.15, 0.2) is 5.82 Å². The van der Waals surface area contributed by atoms with Crippen LogP contribution in [0.25, 0.3) is 11.1 Å². The van der Waals surface area contributed by atoms with Crippen LogP contribution in [0.3, 0.4) is 0 Å². The lowest BCUT2D eigenvalue weighted by Crippen LogP contribution is -2.14. The third kappa shape index (κ3) is 3.91. The first-order valence-corrected chi connectivity index (χ1v) is 8.75. The molecule has 1 heterocycles. The molecule has 0 unspecified atom stereocenters. The van der Waals surface area contributed by atoms with E-state index in [0.29, 0.717) is 23.2 Å². The minimum absolute atomic E-state index is 0.0654. The molecule has 3 aromatic rings. The predicted octanol–water partition coefficient (Wildman–Crippen LogP) is 4.79. The molecule has 0 saturated heterocycles. The number of nitrogens with zero attached hydrogens (tertiary/aromatic N) is 1. The lowest BCUT2D eigenvalue weighted by molar-refractivity contribution is -0.115. The van der Waals surface area contributed by atoms with Gasteiger partial charge in [0.1, 0.15) is 0 Å². The van der Waals surface area contributed by atoms with Crippen molar-refractivity contribution in [1.29, 1.82) is 0 Å². The van der Waals surface area contributed by atoms with Crippen LogP contribution in [0.5, 0.6) is 0 Å². The molecule has 4 nitrogen and oxygen atoms in total. The van der Waals surface area contributed by atoms with Gasteiger partial charge in [-0.15, -0.1) is 0 Å². The maximum atomic E-state index is 12.2. The molecule has 1 fully saturated rings. The molecule has 25 heavy (non-hydrogen) atoms. The molecule has 1 aliphatic carbocycles. The van der Waals surface area contributed by atoms with Crippen molar-refractivity contribution in [1.82, 2.24) is 10.2 Å². The summed E-state index contributed by atoms with van der Waals surface area (Å²) < 4.78 is 0. The van der Waals surface area contributed by atoms with Gasteiger partial charge >= 0.3 is 0 Å². The number of hydrogen-bond donors (Lipinski definition) is 2. The number of aromatic nitrogens is 2. The Hall–Kier alpha value is -2.59. The van der Waals surface area contributed by atoms with E-state index in [2.05, 4.69) is 15.5 Å². The molecular weight excluding hydrogens is 334 g/mol. The van der Waals surface area contributed by atoms with Gasteiger partial charge in [-0.1, -0.05) is 48.0 Å². The SMILES string of the molecule is O=C(Cc1ccc(-c2cccc(Cl)c2)cc1)Nc1cc(C2CC2)[nH]n1. The molecule has 0 aliphatic heterocycles. The maximum absolute atomic E-state index is 12.2. The van der Waals surface area contributed by atoms with E-state index >= 15 is 0 Å². The number of aromatic amines is 1. The Kier molecular flexibility index (Phi) is 4.28. The van der Waals surface area contributed by atoms with Crippen molar-refractivity contribution >= 4 is 23.3 Å². The van der Waals surface area contributed by atoms with Crippen LogP contribution in [0, 0.1) is 0 Å². The van der Waals surface area contributed by atoms with Crippen molar-refractivity contribution in [3.63, 3.8) is 0 Å². The first-order chi connectivity index (χ1) is 12.2. The Morgan fingerprint density at radius 1 is 1.12 bits per heavy atom. The molecule has 0 atom stereocenters. The molecule has 2 N–H and O–H groups in total. The van der Waals surface area contributed by atoms with E-state index in [1.807, 2.05) is 54.6 Å². The number of hydrogen-bond acceptors (Lipinski definition) is 2. The lowest BCUT2D eigenvalue weighted by atomic mass is 10.0. The van der Waals surface area contributed by atoms with Gasteiger partial charge in [0.05, 0.1) is 6.42 Å². The number of carbonyl (C=O) groups excluding carboxylic acids is 1. The van der Waals surface area contributed by atoms with Gasteiger partial charge in [-0.25, -0.2) is 0 Å². The third-order valence-corrected chi connectivity index (χ3v) is 4.59. The Morgan fingerprint density at radius 2 is 1.92 bits per heavy atom. The summed E-state index contributed by atoms with van der Waals surface area (Å²) in [6, 6.07) is 17.6. The summed E-state index contributed by atoms with van der Waals surface area (Å²) in [5.74, 6) is 1.13. The molecule has 4 rings (SSSR count). The highest BCUT2D eigenvalue weighted by atomic mass is 35.5. The highest BCUT2D eigenvalue weighted by Gasteiger charge is 2.25. The van der Waals surface area contributed by atoms with Crippen molar-refractivity contribution in [3.8, 4) is 11.1 Å². The highest BCUT2D eigenvalue weighted by Crippen LogP contribution is 2.39. The fourth-order valence-electron chi connectivity index (χ4n) is 2.86. The summed E-state index contributed by atoms with van der Waals surface area (Å²) >= 11 is 6.04. The summed E-state index contributed by atoms with van der Waals surface area (Å²) in [6.45, 7) is 0. The number of nitrogens with one attached hydrogen (secondary N) is 2. The van der Waals surface area contributed by atoms with Crippen LogP contribution in [-0.2, 0) is 11.2 Å². The highest BCUT2D eigenvalue weighted by molar-refractivity contribution is 6.30. The molecule has 1 aliphatic rings. The number of halogens is 1. The first kappa shape index (κ1) is 15.9. The Labute approximate surface area is 151 Å². The van der Waals surface area contributed by atoms with Gasteiger partial charge in [0, 0.05) is 22.7 Å². The maximum Gasteiger partial charge on any atom is 0.229 e. The van der Waals surface area contributed by atoms with Gasteiger partial charge in [-0.05, 0) is 41.7 Å². The second kappa shape index (κ2) is 6.73. The zero-order chi connectivity index (χ0) is 17.2. The fraction of sp³-hybridized carbons (Fsp3) is 0.200. The van der Waals surface area contributed by atoms with Crippen LogP contribution in [0.4, 0.5) is 5.82 Å². The van der Waals surface area contributed by atoms with Crippen molar-refractivity contribution in [3.05, 3.63) is 70.9 Å². The van der Waals surface area contributed by atoms with E-state index in [9.17, 15) is 4.79 Å². The Bertz CT molecular complexity index is 897. The molecule has 1 aromatic heterocycles. The number of anilines is 1. The average Bonchev–Trinajstić information content (AvgIpc) is 3.35. The molecule has 1 saturated carbocycles. The van der Waals surface area contributed by atoms with Crippen LogP contribution in [-0.4, -0.2) is 16.1 Å². The van der Waals surface area contributed by atoms with Gasteiger partial charge in [-0.3, -0.25) is 9.89 Å². The van der Waals surface area contributed by atoms with E-state index < -0.39 is 0 Å². The van der Waals surface area contributed by atoms with E-state index in [1.165, 1.54) is 12.8 Å². The van der Waals surface area contributed by atoms with Crippen molar-refractivity contribution in [2.45, 2.75) is 25.2 Å². The minimum atomic E-state index is -0.0654. The summed E-state index contributed by atoms with van der Waals surface area (Å²) in [5, 5.41) is 10.7. The van der Waals surface area contributed by atoms with Gasteiger partial charge in [0.2, 0.25) is 5.91 Å². The third-order valence-electron chi connectivity index (χ3n) is 4.36. The van der Waals surface area contributed by atoms with Gasteiger partial charge in [-0.2, -0.15) is 5.10 Å². The number of carbonyl (C=O) groups is 1. The quantitative estimate of drug-likeness (QED) is 0.694. The van der Waals surface area contributed by atoms with E-state index in [0.717, 1.165) is 22.4 Å². The van der Waals surface area contributed by atoms with E-state index in [4.69, 9.17) is 11.6 Å². The minimum Gasteiger partial charge on any atom is -0.309 e. The first-order valence-electron chi connectivity index (χ1n) is 8.37. The zero-order valence-electron chi connectivity index (χ0n) is 13.6. The van der Waals surface area contributed by atoms with Crippen LogP contribution >= 0.6 is 11.6 Å².